The molecule has 0 unspecified atom stereocenters. The maximum atomic E-state index is 13.0. The summed E-state index contributed by atoms with van der Waals surface area (Å²) in [7, 11) is 0. The molecule has 0 saturated heterocycles. The van der Waals surface area contributed by atoms with Crippen LogP contribution in [-0.4, -0.2) is 5.54 Å². The van der Waals surface area contributed by atoms with E-state index in [1.165, 1.54) is 6.07 Å². The Bertz CT molecular complexity index is 472. The summed E-state index contributed by atoms with van der Waals surface area (Å²) in [6.45, 7) is 3.37. The van der Waals surface area contributed by atoms with Crippen LogP contribution in [0.4, 0.5) is 17.6 Å². The molecular weight excluding hydrogens is 246 g/mol. The van der Waals surface area contributed by atoms with Crippen molar-refractivity contribution in [3.8, 4) is 0 Å². The Hall–Kier alpha value is -1.10. The van der Waals surface area contributed by atoms with Crippen LogP contribution >= 0.6 is 0 Å². The largest absolute Gasteiger partial charge is 0.416 e. The molecule has 1 fully saturated rings. The van der Waals surface area contributed by atoms with Gasteiger partial charge in [0.15, 0.2) is 0 Å². The molecule has 1 aliphatic rings. The van der Waals surface area contributed by atoms with Gasteiger partial charge in [-0.05, 0) is 30.5 Å². The minimum absolute atomic E-state index is 0.0661. The highest BCUT2D eigenvalue weighted by Gasteiger charge is 2.54. The quantitative estimate of drug-likeness (QED) is 0.808. The van der Waals surface area contributed by atoms with Gasteiger partial charge in [0.2, 0.25) is 0 Å². The van der Waals surface area contributed by atoms with Crippen LogP contribution in [0, 0.1) is 5.82 Å². The van der Waals surface area contributed by atoms with Gasteiger partial charge in [-0.1, -0.05) is 19.9 Å². The molecule has 0 atom stereocenters. The van der Waals surface area contributed by atoms with Crippen molar-refractivity contribution in [3.05, 3.63) is 35.1 Å². The highest BCUT2D eigenvalue weighted by molar-refractivity contribution is 5.40. The van der Waals surface area contributed by atoms with Gasteiger partial charge >= 0.3 is 6.18 Å². The molecule has 1 nitrogen and oxygen atoms in total. The summed E-state index contributed by atoms with van der Waals surface area (Å²) < 4.78 is 51.9. The van der Waals surface area contributed by atoms with Crippen molar-refractivity contribution in [2.24, 2.45) is 5.73 Å². The van der Waals surface area contributed by atoms with E-state index < -0.39 is 28.5 Å². The van der Waals surface area contributed by atoms with E-state index in [-0.39, 0.29) is 5.56 Å². The number of rotatable bonds is 2. The first kappa shape index (κ1) is 13.3. The third kappa shape index (κ3) is 2.00. The molecule has 0 heterocycles. The Labute approximate surface area is 103 Å². The monoisotopic (exact) mass is 261 g/mol. The van der Waals surface area contributed by atoms with E-state index in [1.54, 1.807) is 13.8 Å². The molecule has 0 radical (unpaired) electrons. The van der Waals surface area contributed by atoms with Crippen molar-refractivity contribution in [3.63, 3.8) is 0 Å². The van der Waals surface area contributed by atoms with Gasteiger partial charge in [-0.15, -0.1) is 0 Å². The normalized spacial score (nSPS) is 18.8. The van der Waals surface area contributed by atoms with Crippen LogP contribution < -0.4 is 5.73 Å². The molecule has 1 aromatic rings. The lowest BCUT2D eigenvalue weighted by Crippen LogP contribution is -2.44. The highest BCUT2D eigenvalue weighted by Crippen LogP contribution is 2.51. The highest BCUT2D eigenvalue weighted by atomic mass is 19.4. The summed E-state index contributed by atoms with van der Waals surface area (Å²) in [6.07, 6.45) is -3.19. The maximum Gasteiger partial charge on any atom is 0.416 e. The van der Waals surface area contributed by atoms with E-state index in [2.05, 4.69) is 0 Å². The molecule has 18 heavy (non-hydrogen) atoms. The molecule has 2 rings (SSSR count). The third-order valence-electron chi connectivity index (χ3n) is 3.99. The summed E-state index contributed by atoms with van der Waals surface area (Å²) in [4.78, 5) is 0. The molecule has 1 saturated carbocycles. The fourth-order valence-corrected chi connectivity index (χ4v) is 2.32. The van der Waals surface area contributed by atoms with Crippen molar-refractivity contribution in [2.75, 3.05) is 0 Å². The summed E-state index contributed by atoms with van der Waals surface area (Å²) in [6, 6.07) is 2.80. The SMILES string of the molecule is CC(C)(c1ccc(F)cc1C(F)(F)F)C1(N)CC1. The number of hydrogen-bond donors (Lipinski definition) is 1. The van der Waals surface area contributed by atoms with Crippen molar-refractivity contribution >= 4 is 0 Å². The second-order valence-electron chi connectivity index (χ2n) is 5.47. The second-order valence-corrected chi connectivity index (χ2v) is 5.47. The maximum absolute atomic E-state index is 13.0. The smallest absolute Gasteiger partial charge is 0.324 e. The van der Waals surface area contributed by atoms with E-state index >= 15 is 0 Å². The molecule has 0 bridgehead atoms. The fourth-order valence-electron chi connectivity index (χ4n) is 2.32. The van der Waals surface area contributed by atoms with E-state index in [1.807, 2.05) is 0 Å². The third-order valence-corrected chi connectivity index (χ3v) is 3.99. The zero-order chi connectivity index (χ0) is 13.8. The molecule has 1 aliphatic carbocycles. The van der Waals surface area contributed by atoms with E-state index in [9.17, 15) is 17.6 Å². The predicted molar refractivity (Wildman–Crippen MR) is 60.6 cm³/mol. The van der Waals surface area contributed by atoms with Gasteiger partial charge in [-0.25, -0.2) is 4.39 Å². The lowest BCUT2D eigenvalue weighted by atomic mass is 9.74. The number of benzene rings is 1. The van der Waals surface area contributed by atoms with Gasteiger partial charge in [0, 0.05) is 11.0 Å². The van der Waals surface area contributed by atoms with Crippen LogP contribution in [0.5, 0.6) is 0 Å². The first-order valence-electron chi connectivity index (χ1n) is 5.74. The second kappa shape index (κ2) is 3.70. The van der Waals surface area contributed by atoms with E-state index in [0.717, 1.165) is 6.07 Å². The van der Waals surface area contributed by atoms with Crippen LogP contribution in [0.3, 0.4) is 0 Å². The fraction of sp³-hybridized carbons (Fsp3) is 0.538. The standard InChI is InChI=1S/C13H15F4N/c1-11(2,12(18)5-6-12)9-4-3-8(14)7-10(9)13(15,16)17/h3-4,7H,5-6,18H2,1-2H3. The van der Waals surface area contributed by atoms with Crippen molar-refractivity contribution < 1.29 is 17.6 Å². The lowest BCUT2D eigenvalue weighted by Gasteiger charge is -2.34. The molecule has 2 N–H and O–H groups in total. The average molecular weight is 261 g/mol. The van der Waals surface area contributed by atoms with Gasteiger partial charge in [0.05, 0.1) is 5.56 Å². The summed E-state index contributed by atoms with van der Waals surface area (Å²) in [5, 5.41) is 0. The first-order chi connectivity index (χ1) is 8.08. The molecular formula is C13H15F4N. The van der Waals surface area contributed by atoms with Gasteiger partial charge in [0.25, 0.3) is 0 Å². The number of halogens is 4. The van der Waals surface area contributed by atoms with Crippen molar-refractivity contribution in [1.29, 1.82) is 0 Å². The molecule has 5 heteroatoms. The number of nitrogens with two attached hydrogens (primary N) is 1. The van der Waals surface area contributed by atoms with Crippen molar-refractivity contribution in [1.82, 2.24) is 0 Å². The van der Waals surface area contributed by atoms with Crippen LogP contribution in [0.2, 0.25) is 0 Å². The van der Waals surface area contributed by atoms with Crippen LogP contribution in [0.25, 0.3) is 0 Å². The molecule has 1 aromatic carbocycles. The minimum Gasteiger partial charge on any atom is -0.324 e. The zero-order valence-corrected chi connectivity index (χ0v) is 10.2. The van der Waals surface area contributed by atoms with Gasteiger partial charge in [-0.2, -0.15) is 13.2 Å². The van der Waals surface area contributed by atoms with Crippen molar-refractivity contribution in [2.45, 2.75) is 43.8 Å². The predicted octanol–water partition coefficient (Wildman–Crippen LogP) is 3.61. The summed E-state index contributed by atoms with van der Waals surface area (Å²) >= 11 is 0. The Kier molecular flexibility index (Phi) is 2.74. The topological polar surface area (TPSA) is 26.0 Å². The van der Waals surface area contributed by atoms with Gasteiger partial charge in [0.1, 0.15) is 5.82 Å². The number of alkyl halides is 3. The first-order valence-corrected chi connectivity index (χ1v) is 5.74. The van der Waals surface area contributed by atoms with E-state index in [0.29, 0.717) is 18.9 Å². The van der Waals surface area contributed by atoms with Crippen LogP contribution in [0.15, 0.2) is 18.2 Å². The zero-order valence-electron chi connectivity index (χ0n) is 10.2. The van der Waals surface area contributed by atoms with Crippen LogP contribution in [0.1, 0.15) is 37.8 Å². The molecule has 0 aliphatic heterocycles. The number of hydrogen-bond acceptors (Lipinski definition) is 1. The molecule has 0 amide bonds. The molecule has 0 aromatic heterocycles. The Morgan fingerprint density at radius 1 is 1.11 bits per heavy atom. The van der Waals surface area contributed by atoms with Crippen LogP contribution in [-0.2, 0) is 11.6 Å². The lowest BCUT2D eigenvalue weighted by molar-refractivity contribution is -0.139. The van der Waals surface area contributed by atoms with E-state index in [4.69, 9.17) is 5.73 Å². The Morgan fingerprint density at radius 2 is 1.67 bits per heavy atom. The molecule has 100 valence electrons. The van der Waals surface area contributed by atoms with Gasteiger partial charge < -0.3 is 5.73 Å². The summed E-state index contributed by atoms with van der Waals surface area (Å²) in [5.41, 5.74) is 3.74. The average Bonchev–Trinajstić information content (AvgIpc) is 2.96. The van der Waals surface area contributed by atoms with Gasteiger partial charge in [-0.3, -0.25) is 0 Å². The Morgan fingerprint density at radius 3 is 2.11 bits per heavy atom. The Balaban J connectivity index is 2.58. The summed E-state index contributed by atoms with van der Waals surface area (Å²) in [5.74, 6) is -0.885. The minimum atomic E-state index is -4.57. The molecule has 0 spiro atoms.